The molecule has 0 saturated carbocycles. The summed E-state index contributed by atoms with van der Waals surface area (Å²) in [5.74, 6) is 4.89. The SMILES string of the molecule is CN1CCC(CCC(c2ccccc2)c2cc(Br)ccc2N)CC1.CN1CCC(CN)CC1.CN1CCC(CN2C(=O)Cc3ccc(Br)cc3C2c2ccccc2)CC1.Cc1noc(C)c1-c1ccc2c(c1)C(c1ccccc1)N(CC1CCN(C)CC1)C(=O)C2.Cc1noc(C)c1B(O)O.Nc1ccc(Br)cc1C(=O)c1ccccc1. The van der Waals surface area contributed by atoms with Crippen molar-refractivity contribution in [3.63, 3.8) is 0 Å². The van der Waals surface area contributed by atoms with E-state index in [1.807, 2.05) is 68.4 Å². The number of ketones is 1. The van der Waals surface area contributed by atoms with Crippen LogP contribution >= 0.6 is 47.8 Å². The zero-order valence-corrected chi connectivity index (χ0v) is 74.0. The summed E-state index contributed by atoms with van der Waals surface area (Å²) < 4.78 is 13.1. The first-order valence-electron chi connectivity index (χ1n) is 41.4. The molecular formula is C95H117BBr3N11O7. The predicted molar refractivity (Wildman–Crippen MR) is 483 cm³/mol. The van der Waals surface area contributed by atoms with Crippen LogP contribution in [0.2, 0.25) is 0 Å². The standard InChI is InChI=1S/C27H31N3O2.C22H25BrN2O.C21H27BrN2.C13H10BrNO.C7H16N2.C5H8BNO3/c1-18-26(19(2)32-28-18)23-10-9-22-16-25(31)30(17-20-11-13-29(3)14-12-20)27(24(22)15-23)21-7-5-4-6-8-21;1-24-11-9-16(10-12-24)15-25-21(26)13-18-7-8-19(23)14-20(18)22(25)17-5-3-2-4-6-17;1-24-13-11-16(12-14-24)7-9-19(17-5-3-2-4-6-17)20-15-18(22)8-10-21(20)23;14-10-6-7-12(15)11(8-10)13(16)9-4-2-1-3-5-9;1-9-4-2-7(6-8)3-5-9;1-3-5(6(8)9)4(2)10-7-3/h4-10,15,20,27H,11-14,16-17H2,1-3H3;2-8,14,16,22H,9-13,15H2,1H3;2-6,8,10,15-16,19H,7,9,11-14,23H2,1H3;1-8H,15H2;7H,2-6,8H2,1H3;8-9H,1-2H3. The molecule has 4 saturated heterocycles. The van der Waals surface area contributed by atoms with Crippen LogP contribution in [0.1, 0.15) is 166 Å². The monoisotopic (exact) mass is 1770 g/mol. The molecule has 0 radical (unpaired) electrons. The maximum absolute atomic E-state index is 13.4. The third-order valence-corrected chi connectivity index (χ3v) is 25.6. The minimum absolute atomic E-state index is 0.0182. The van der Waals surface area contributed by atoms with Gasteiger partial charge in [0.05, 0.1) is 36.3 Å². The van der Waals surface area contributed by atoms with Crippen LogP contribution in [-0.2, 0) is 22.4 Å². The minimum atomic E-state index is -1.48. The Morgan fingerprint density at radius 3 is 1.38 bits per heavy atom. The van der Waals surface area contributed by atoms with Crippen molar-refractivity contribution in [3.05, 3.63) is 286 Å². The summed E-state index contributed by atoms with van der Waals surface area (Å²) in [5, 5.41) is 25.2. The molecule has 22 heteroatoms. The smallest absolute Gasteiger partial charge is 0.423 e. The molecule has 16 rings (SSSR count). The number of benzene rings is 8. The van der Waals surface area contributed by atoms with Gasteiger partial charge in [-0.05, 0) is 307 Å². The molecule has 3 atom stereocenters. The first-order valence-corrected chi connectivity index (χ1v) is 43.8. The van der Waals surface area contributed by atoms with Gasteiger partial charge in [0, 0.05) is 66.0 Å². The largest absolute Gasteiger partial charge is 0.494 e. The summed E-state index contributed by atoms with van der Waals surface area (Å²) in [4.78, 5) is 52.4. The third-order valence-electron chi connectivity index (χ3n) is 24.1. The number of nitrogens with zero attached hydrogens (tertiary/aromatic N) is 8. The molecule has 8 heterocycles. The van der Waals surface area contributed by atoms with Crippen molar-refractivity contribution in [3.8, 4) is 11.1 Å². The Balaban J connectivity index is 0.000000145. The number of anilines is 2. The Bertz CT molecular complexity index is 4780. The minimum Gasteiger partial charge on any atom is -0.423 e. The molecule has 2 amide bonds. The highest BCUT2D eigenvalue weighted by Gasteiger charge is 2.38. The summed E-state index contributed by atoms with van der Waals surface area (Å²) in [6.07, 6.45) is 13.3. The van der Waals surface area contributed by atoms with E-state index in [9.17, 15) is 14.4 Å². The molecule has 0 bridgehead atoms. The van der Waals surface area contributed by atoms with E-state index in [0.29, 0.717) is 64.3 Å². The fraction of sp³-hybridized carbons (Fsp3) is 0.400. The molecular weight excluding hydrogens is 1660 g/mol. The average molecular weight is 1780 g/mol. The van der Waals surface area contributed by atoms with Gasteiger partial charge in [0.15, 0.2) is 5.78 Å². The van der Waals surface area contributed by atoms with Gasteiger partial charge in [0.25, 0.3) is 0 Å². The van der Waals surface area contributed by atoms with Gasteiger partial charge in [0.1, 0.15) is 11.5 Å². The number of aromatic nitrogens is 2. The van der Waals surface area contributed by atoms with Crippen molar-refractivity contribution in [2.45, 2.75) is 123 Å². The molecule has 0 spiro atoms. The van der Waals surface area contributed by atoms with E-state index in [4.69, 9.17) is 31.8 Å². The van der Waals surface area contributed by atoms with E-state index in [1.54, 1.807) is 38.1 Å². The van der Waals surface area contributed by atoms with Crippen molar-refractivity contribution >= 4 is 89.3 Å². The number of amides is 2. The molecule has 18 nitrogen and oxygen atoms in total. The lowest BCUT2D eigenvalue weighted by atomic mass is 9.79. The molecule has 4 fully saturated rings. The van der Waals surface area contributed by atoms with E-state index in [-0.39, 0.29) is 29.7 Å². The van der Waals surface area contributed by atoms with E-state index < -0.39 is 7.12 Å². The lowest BCUT2D eigenvalue weighted by Crippen LogP contribution is -2.45. The van der Waals surface area contributed by atoms with Crippen LogP contribution in [0, 0.1) is 51.4 Å². The predicted octanol–water partition coefficient (Wildman–Crippen LogP) is 16.8. The topological polar surface area (TPSA) is 241 Å². The van der Waals surface area contributed by atoms with Gasteiger partial charge >= 0.3 is 7.12 Å². The third kappa shape index (κ3) is 24.7. The number of halogens is 3. The number of hydrogen-bond donors (Lipinski definition) is 5. The van der Waals surface area contributed by atoms with Gasteiger partial charge in [-0.25, -0.2) is 0 Å². The second-order valence-electron chi connectivity index (χ2n) is 32.6. The number of fused-ring (bicyclic) bond motifs is 2. The lowest BCUT2D eigenvalue weighted by Gasteiger charge is -2.41. The second-order valence-corrected chi connectivity index (χ2v) is 35.3. The van der Waals surface area contributed by atoms with Crippen molar-refractivity contribution in [1.29, 1.82) is 0 Å². The number of carbonyl (C=O) groups is 3. The first kappa shape index (κ1) is 89.4. The molecule has 117 heavy (non-hydrogen) atoms. The molecule has 6 aliphatic rings. The van der Waals surface area contributed by atoms with Crippen molar-refractivity contribution in [1.82, 2.24) is 39.7 Å². The van der Waals surface area contributed by atoms with E-state index >= 15 is 0 Å². The van der Waals surface area contributed by atoms with Gasteiger partial charge in [0.2, 0.25) is 11.8 Å². The highest BCUT2D eigenvalue weighted by molar-refractivity contribution is 9.11. The number of nitrogens with two attached hydrogens (primary N) is 3. The summed E-state index contributed by atoms with van der Waals surface area (Å²) in [5.41, 5.74) is 33.9. The highest BCUT2D eigenvalue weighted by atomic mass is 79.9. The molecule has 3 unspecified atom stereocenters. The summed E-state index contributed by atoms with van der Waals surface area (Å²) in [6, 6.07) is 65.2. The van der Waals surface area contributed by atoms with Gasteiger partial charge in [-0.3, -0.25) is 14.4 Å². The van der Waals surface area contributed by atoms with E-state index in [1.165, 1.54) is 111 Å². The maximum atomic E-state index is 13.4. The zero-order valence-electron chi connectivity index (χ0n) is 69.2. The second kappa shape index (κ2) is 43.5. The van der Waals surface area contributed by atoms with Crippen LogP contribution < -0.4 is 22.7 Å². The number of nitrogen functional groups attached to an aromatic ring is 2. The number of rotatable bonds is 16. The van der Waals surface area contributed by atoms with E-state index in [0.717, 1.165) is 123 Å². The summed E-state index contributed by atoms with van der Waals surface area (Å²) >= 11 is 10.6. The number of piperidine rings is 4. The molecule has 2 aromatic heterocycles. The Kier molecular flexibility index (Phi) is 33.3. The Hall–Kier alpha value is -8.39. The van der Waals surface area contributed by atoms with E-state index in [2.05, 4.69) is 235 Å². The summed E-state index contributed by atoms with van der Waals surface area (Å²) in [6.45, 7) is 19.2. The van der Waals surface area contributed by atoms with Crippen LogP contribution in [0.4, 0.5) is 11.4 Å². The van der Waals surface area contributed by atoms with Gasteiger partial charge in [-0.2, -0.15) is 0 Å². The zero-order chi connectivity index (χ0) is 83.2. The number of carbonyl (C=O) groups excluding carboxylic acids is 3. The molecule has 6 aliphatic heterocycles. The van der Waals surface area contributed by atoms with Crippen LogP contribution in [0.3, 0.4) is 0 Å². The maximum Gasteiger partial charge on any atom is 0.494 e. The van der Waals surface area contributed by atoms with Crippen molar-refractivity contribution < 1.29 is 33.5 Å². The van der Waals surface area contributed by atoms with Gasteiger partial charge < -0.3 is 65.7 Å². The lowest BCUT2D eigenvalue weighted by molar-refractivity contribution is -0.135. The van der Waals surface area contributed by atoms with Crippen molar-refractivity contribution in [2.24, 2.45) is 29.4 Å². The Morgan fingerprint density at radius 2 is 0.915 bits per heavy atom. The highest BCUT2D eigenvalue weighted by Crippen LogP contribution is 2.43. The fourth-order valence-corrected chi connectivity index (χ4v) is 18.2. The van der Waals surface area contributed by atoms with Gasteiger partial charge in [-0.15, -0.1) is 0 Å². The average Bonchev–Trinajstić information content (AvgIpc) is 1.14. The Labute approximate surface area is 718 Å². The molecule has 8 N–H and O–H groups in total. The molecule has 0 aliphatic carbocycles. The Morgan fingerprint density at radius 1 is 0.496 bits per heavy atom. The number of aryl methyl sites for hydroxylation is 4. The quantitative estimate of drug-likeness (QED) is 0.0343. The van der Waals surface area contributed by atoms with Crippen LogP contribution in [0.5, 0.6) is 0 Å². The van der Waals surface area contributed by atoms with Crippen molar-refractivity contribution in [2.75, 3.05) is 112 Å². The van der Waals surface area contributed by atoms with Crippen LogP contribution in [0.15, 0.2) is 217 Å². The van der Waals surface area contributed by atoms with Crippen LogP contribution in [-0.4, -0.2) is 175 Å². The number of hydrogen-bond acceptors (Lipinski definition) is 16. The molecule has 8 aromatic carbocycles. The first-order chi connectivity index (χ1) is 56.4. The molecule has 618 valence electrons. The number of likely N-dealkylation sites (tertiary alicyclic amines) is 4. The molecule has 10 aromatic rings. The fourth-order valence-electron chi connectivity index (χ4n) is 17.1. The summed E-state index contributed by atoms with van der Waals surface area (Å²) in [7, 11) is 7.29. The van der Waals surface area contributed by atoms with Crippen LogP contribution in [0.25, 0.3) is 11.1 Å². The normalized spacial score (nSPS) is 18.0. The van der Waals surface area contributed by atoms with Gasteiger partial charge in [-0.1, -0.05) is 198 Å².